The standard InChI is InChI=1S/C13H19NO4/c1-9-4-5-11(13(16)17)12(6-9)14(2)7-10(15)8-18-3/h4-6,10,15H,7-8H2,1-3H3,(H,16,17). The van der Waals surface area contributed by atoms with Gasteiger partial charge >= 0.3 is 5.97 Å². The van der Waals surface area contributed by atoms with Crippen LogP contribution in [0.2, 0.25) is 0 Å². The second-order valence-corrected chi connectivity index (χ2v) is 4.32. The predicted octanol–water partition coefficient (Wildman–Crippen LogP) is 1.14. The molecule has 5 nitrogen and oxygen atoms in total. The average molecular weight is 253 g/mol. The lowest BCUT2D eigenvalue weighted by atomic mass is 10.1. The van der Waals surface area contributed by atoms with E-state index in [1.807, 2.05) is 6.92 Å². The number of likely N-dealkylation sites (N-methyl/N-ethyl adjacent to an activating group) is 1. The maximum atomic E-state index is 11.1. The normalized spacial score (nSPS) is 12.2. The zero-order chi connectivity index (χ0) is 13.7. The third kappa shape index (κ3) is 3.72. The van der Waals surface area contributed by atoms with Crippen LogP contribution in [0.4, 0.5) is 5.69 Å². The highest BCUT2D eigenvalue weighted by atomic mass is 16.5. The number of aryl methyl sites for hydroxylation is 1. The van der Waals surface area contributed by atoms with Gasteiger partial charge in [0.05, 0.1) is 24.0 Å². The van der Waals surface area contributed by atoms with Crippen molar-refractivity contribution in [1.29, 1.82) is 0 Å². The van der Waals surface area contributed by atoms with Crippen LogP contribution < -0.4 is 4.90 Å². The van der Waals surface area contributed by atoms with Gasteiger partial charge in [-0.1, -0.05) is 6.07 Å². The Morgan fingerprint density at radius 2 is 2.17 bits per heavy atom. The minimum atomic E-state index is -0.974. The van der Waals surface area contributed by atoms with Gasteiger partial charge in [-0.05, 0) is 24.6 Å². The molecule has 0 saturated heterocycles. The quantitative estimate of drug-likeness (QED) is 0.795. The first-order chi connectivity index (χ1) is 8.45. The third-order valence-corrected chi connectivity index (χ3v) is 2.64. The molecule has 1 aromatic carbocycles. The van der Waals surface area contributed by atoms with E-state index in [2.05, 4.69) is 0 Å². The predicted molar refractivity (Wildman–Crippen MR) is 69.3 cm³/mol. The number of anilines is 1. The lowest BCUT2D eigenvalue weighted by molar-refractivity contribution is 0.0680. The monoisotopic (exact) mass is 253 g/mol. The second-order valence-electron chi connectivity index (χ2n) is 4.32. The fourth-order valence-corrected chi connectivity index (χ4v) is 1.80. The summed E-state index contributed by atoms with van der Waals surface area (Å²) in [6, 6.07) is 5.13. The maximum Gasteiger partial charge on any atom is 0.337 e. The van der Waals surface area contributed by atoms with Crippen LogP contribution in [-0.2, 0) is 4.74 Å². The van der Waals surface area contributed by atoms with Gasteiger partial charge in [0.15, 0.2) is 0 Å². The highest BCUT2D eigenvalue weighted by Crippen LogP contribution is 2.21. The molecule has 0 radical (unpaired) electrons. The fourth-order valence-electron chi connectivity index (χ4n) is 1.80. The van der Waals surface area contributed by atoms with Crippen LogP contribution in [0, 0.1) is 6.92 Å². The van der Waals surface area contributed by atoms with Crippen LogP contribution >= 0.6 is 0 Å². The van der Waals surface area contributed by atoms with Gasteiger partial charge in [0.25, 0.3) is 0 Å². The SMILES string of the molecule is COCC(O)CN(C)c1cc(C)ccc1C(=O)O. The van der Waals surface area contributed by atoms with Crippen LogP contribution in [0.25, 0.3) is 0 Å². The van der Waals surface area contributed by atoms with E-state index in [9.17, 15) is 9.90 Å². The number of aliphatic hydroxyl groups is 1. The van der Waals surface area contributed by atoms with E-state index in [4.69, 9.17) is 9.84 Å². The van der Waals surface area contributed by atoms with Crippen molar-refractivity contribution in [3.63, 3.8) is 0 Å². The Morgan fingerprint density at radius 1 is 1.50 bits per heavy atom. The number of rotatable bonds is 6. The summed E-state index contributed by atoms with van der Waals surface area (Å²) in [5, 5.41) is 18.8. The summed E-state index contributed by atoms with van der Waals surface area (Å²) in [7, 11) is 3.26. The summed E-state index contributed by atoms with van der Waals surface area (Å²) in [6.07, 6.45) is -0.651. The minimum Gasteiger partial charge on any atom is -0.478 e. The first kappa shape index (κ1) is 14.5. The number of carboxylic acid groups (broad SMARTS) is 1. The van der Waals surface area contributed by atoms with Crippen LogP contribution in [-0.4, -0.2) is 49.6 Å². The number of methoxy groups -OCH3 is 1. The molecule has 1 unspecified atom stereocenters. The molecule has 0 saturated carbocycles. The van der Waals surface area contributed by atoms with Gasteiger partial charge in [-0.25, -0.2) is 4.79 Å². The molecule has 18 heavy (non-hydrogen) atoms. The molecule has 0 heterocycles. The Kier molecular flexibility index (Phi) is 5.12. The number of ether oxygens (including phenoxy) is 1. The van der Waals surface area contributed by atoms with E-state index in [1.54, 1.807) is 30.1 Å². The van der Waals surface area contributed by atoms with Crippen molar-refractivity contribution < 1.29 is 19.7 Å². The Balaban J connectivity index is 2.93. The first-order valence-electron chi connectivity index (χ1n) is 5.67. The Labute approximate surface area is 107 Å². The second kappa shape index (κ2) is 6.37. The molecule has 0 aliphatic heterocycles. The molecule has 0 aromatic heterocycles. The zero-order valence-corrected chi connectivity index (χ0v) is 10.9. The largest absolute Gasteiger partial charge is 0.478 e. The molecule has 0 bridgehead atoms. The molecule has 1 rings (SSSR count). The topological polar surface area (TPSA) is 70.0 Å². The van der Waals surface area contributed by atoms with Gasteiger partial charge in [-0.3, -0.25) is 0 Å². The van der Waals surface area contributed by atoms with E-state index in [-0.39, 0.29) is 12.2 Å². The number of hydrogen-bond donors (Lipinski definition) is 2. The molecule has 5 heteroatoms. The Bertz CT molecular complexity index is 419. The summed E-state index contributed by atoms with van der Waals surface area (Å²) in [5.41, 5.74) is 1.80. The van der Waals surface area contributed by atoms with Gasteiger partial charge in [-0.2, -0.15) is 0 Å². The van der Waals surface area contributed by atoms with E-state index < -0.39 is 12.1 Å². The number of aromatic carboxylic acids is 1. The minimum absolute atomic E-state index is 0.221. The number of carboxylic acids is 1. The third-order valence-electron chi connectivity index (χ3n) is 2.64. The summed E-state index contributed by atoms with van der Waals surface area (Å²) in [5.74, 6) is -0.974. The molecular weight excluding hydrogens is 234 g/mol. The number of benzene rings is 1. The van der Waals surface area contributed by atoms with Gasteiger partial charge in [0.1, 0.15) is 0 Å². The van der Waals surface area contributed by atoms with Crippen LogP contribution in [0.5, 0.6) is 0 Å². The Morgan fingerprint density at radius 3 is 2.72 bits per heavy atom. The van der Waals surface area contributed by atoms with Gasteiger partial charge in [0.2, 0.25) is 0 Å². The van der Waals surface area contributed by atoms with Crippen molar-refractivity contribution in [2.75, 3.05) is 32.2 Å². The molecule has 0 aliphatic carbocycles. The van der Waals surface area contributed by atoms with Crippen LogP contribution in [0.1, 0.15) is 15.9 Å². The molecule has 1 atom stereocenters. The van der Waals surface area contributed by atoms with Crippen molar-refractivity contribution in [3.05, 3.63) is 29.3 Å². The molecule has 0 spiro atoms. The van der Waals surface area contributed by atoms with Gasteiger partial charge in [-0.15, -0.1) is 0 Å². The number of nitrogens with zero attached hydrogens (tertiary/aromatic N) is 1. The van der Waals surface area contributed by atoms with E-state index in [1.165, 1.54) is 7.11 Å². The lowest BCUT2D eigenvalue weighted by Gasteiger charge is -2.24. The number of aliphatic hydroxyl groups excluding tert-OH is 1. The van der Waals surface area contributed by atoms with Crippen molar-refractivity contribution in [2.45, 2.75) is 13.0 Å². The molecule has 0 aliphatic rings. The Hall–Kier alpha value is -1.59. The molecule has 1 aromatic rings. The van der Waals surface area contributed by atoms with E-state index in [0.717, 1.165) is 5.56 Å². The maximum absolute atomic E-state index is 11.1. The summed E-state index contributed by atoms with van der Waals surface area (Å²) in [4.78, 5) is 12.9. The number of carbonyl (C=O) groups is 1. The summed E-state index contributed by atoms with van der Waals surface area (Å²) >= 11 is 0. The van der Waals surface area contributed by atoms with Crippen molar-refractivity contribution in [2.24, 2.45) is 0 Å². The average Bonchev–Trinajstić information content (AvgIpc) is 2.28. The molecule has 100 valence electrons. The summed E-state index contributed by atoms with van der Waals surface area (Å²) < 4.78 is 4.85. The zero-order valence-electron chi connectivity index (χ0n) is 10.9. The highest BCUT2D eigenvalue weighted by Gasteiger charge is 2.16. The van der Waals surface area contributed by atoms with Crippen molar-refractivity contribution in [1.82, 2.24) is 0 Å². The molecule has 0 amide bonds. The van der Waals surface area contributed by atoms with Crippen LogP contribution in [0.15, 0.2) is 18.2 Å². The lowest BCUT2D eigenvalue weighted by Crippen LogP contribution is -2.32. The van der Waals surface area contributed by atoms with E-state index in [0.29, 0.717) is 12.2 Å². The highest BCUT2D eigenvalue weighted by molar-refractivity contribution is 5.94. The summed E-state index contributed by atoms with van der Waals surface area (Å²) in [6.45, 7) is 2.44. The number of hydrogen-bond acceptors (Lipinski definition) is 4. The molecule has 0 fully saturated rings. The van der Waals surface area contributed by atoms with Gasteiger partial charge in [0, 0.05) is 20.7 Å². The fraction of sp³-hybridized carbons (Fsp3) is 0.462. The molecular formula is C13H19NO4. The first-order valence-corrected chi connectivity index (χ1v) is 5.67. The van der Waals surface area contributed by atoms with Crippen molar-refractivity contribution >= 4 is 11.7 Å². The van der Waals surface area contributed by atoms with E-state index >= 15 is 0 Å². The van der Waals surface area contributed by atoms with Crippen molar-refractivity contribution in [3.8, 4) is 0 Å². The smallest absolute Gasteiger partial charge is 0.337 e. The molecule has 2 N–H and O–H groups in total. The van der Waals surface area contributed by atoms with Gasteiger partial charge < -0.3 is 19.8 Å². The van der Waals surface area contributed by atoms with Crippen LogP contribution in [0.3, 0.4) is 0 Å².